The molecule has 0 atom stereocenters. The van der Waals surface area contributed by atoms with Gasteiger partial charge in [-0.15, -0.1) is 0 Å². The number of carbonyl (C=O) groups excluding carboxylic acids is 1. The zero-order valence-corrected chi connectivity index (χ0v) is 13.7. The summed E-state index contributed by atoms with van der Waals surface area (Å²) in [6.45, 7) is 1.62. The second-order valence-corrected chi connectivity index (χ2v) is 6.75. The van der Waals surface area contributed by atoms with Crippen LogP contribution in [-0.2, 0) is 0 Å². The van der Waals surface area contributed by atoms with Crippen LogP contribution in [0.2, 0.25) is 0 Å². The van der Waals surface area contributed by atoms with Crippen LogP contribution < -0.4 is 0 Å². The number of aliphatic hydroxyl groups is 1. The Kier molecular flexibility index (Phi) is 5.31. The molecule has 1 saturated heterocycles. The molecular formula is C18H20N2O2S. The van der Waals surface area contributed by atoms with Crippen LogP contribution in [0.25, 0.3) is 0 Å². The first-order chi connectivity index (χ1) is 11.3. The number of piperidine rings is 1. The lowest BCUT2D eigenvalue weighted by molar-refractivity contribution is 0.0646. The number of benzene rings is 1. The first-order valence-corrected chi connectivity index (χ1v) is 8.67. The maximum absolute atomic E-state index is 12.8. The molecular weight excluding hydrogens is 308 g/mol. The molecule has 4 nitrogen and oxygen atoms in total. The average molecular weight is 328 g/mol. The van der Waals surface area contributed by atoms with Crippen LogP contribution in [-0.4, -0.2) is 40.6 Å². The fourth-order valence-corrected chi connectivity index (χ4v) is 3.62. The molecule has 1 aliphatic heterocycles. The van der Waals surface area contributed by atoms with Crippen LogP contribution in [0.1, 0.15) is 23.2 Å². The number of aromatic nitrogens is 1. The van der Waals surface area contributed by atoms with Crippen LogP contribution in [0.3, 0.4) is 0 Å². The SMILES string of the molecule is O=C(c1cccnc1Sc1ccccc1)N1CCC(CO)CC1. The van der Waals surface area contributed by atoms with Gasteiger partial charge in [0.05, 0.1) is 5.56 Å². The van der Waals surface area contributed by atoms with Gasteiger partial charge in [-0.05, 0) is 43.0 Å². The zero-order valence-electron chi connectivity index (χ0n) is 12.9. The first kappa shape index (κ1) is 16.0. The number of likely N-dealkylation sites (tertiary alicyclic amines) is 1. The minimum Gasteiger partial charge on any atom is -0.396 e. The van der Waals surface area contributed by atoms with Gasteiger partial charge in [0, 0.05) is 30.8 Å². The Morgan fingerprint density at radius 2 is 1.91 bits per heavy atom. The van der Waals surface area contributed by atoms with E-state index >= 15 is 0 Å². The number of pyridine rings is 1. The number of rotatable bonds is 4. The average Bonchev–Trinajstić information content (AvgIpc) is 2.62. The standard InChI is InChI=1S/C18H20N2O2S/c21-13-14-8-11-20(12-9-14)18(22)16-7-4-10-19-17(16)23-15-5-2-1-3-6-15/h1-7,10,14,21H,8-9,11-13H2. The molecule has 2 aromatic rings. The van der Waals surface area contributed by atoms with E-state index in [0.29, 0.717) is 24.6 Å². The molecule has 1 fully saturated rings. The third kappa shape index (κ3) is 3.92. The molecule has 1 amide bonds. The molecule has 3 rings (SSSR count). The molecule has 0 saturated carbocycles. The predicted molar refractivity (Wildman–Crippen MR) is 90.5 cm³/mol. The van der Waals surface area contributed by atoms with Gasteiger partial charge in [0.15, 0.2) is 0 Å². The van der Waals surface area contributed by atoms with Gasteiger partial charge in [0.25, 0.3) is 5.91 Å². The van der Waals surface area contributed by atoms with Gasteiger partial charge >= 0.3 is 0 Å². The van der Waals surface area contributed by atoms with E-state index in [-0.39, 0.29) is 12.5 Å². The maximum atomic E-state index is 12.8. The van der Waals surface area contributed by atoms with Crippen molar-refractivity contribution in [2.75, 3.05) is 19.7 Å². The van der Waals surface area contributed by atoms with E-state index in [9.17, 15) is 9.90 Å². The van der Waals surface area contributed by atoms with Gasteiger partial charge in [0.1, 0.15) is 5.03 Å². The highest BCUT2D eigenvalue weighted by Crippen LogP contribution is 2.29. The summed E-state index contributed by atoms with van der Waals surface area (Å²) in [5.41, 5.74) is 0.656. The fourth-order valence-electron chi connectivity index (χ4n) is 2.72. The van der Waals surface area contributed by atoms with Crippen molar-refractivity contribution in [3.63, 3.8) is 0 Å². The molecule has 1 aromatic heterocycles. The summed E-state index contributed by atoms with van der Waals surface area (Å²) in [5.74, 6) is 0.360. The van der Waals surface area contributed by atoms with Crippen molar-refractivity contribution in [1.82, 2.24) is 9.88 Å². The normalized spacial score (nSPS) is 15.6. The summed E-state index contributed by atoms with van der Waals surface area (Å²) in [5, 5.41) is 9.97. The molecule has 1 N–H and O–H groups in total. The van der Waals surface area contributed by atoms with Crippen molar-refractivity contribution >= 4 is 17.7 Å². The van der Waals surface area contributed by atoms with Gasteiger partial charge in [-0.25, -0.2) is 4.98 Å². The second kappa shape index (κ2) is 7.62. The number of amides is 1. The van der Waals surface area contributed by atoms with Gasteiger partial charge in [-0.1, -0.05) is 30.0 Å². The molecule has 23 heavy (non-hydrogen) atoms. The molecule has 1 aromatic carbocycles. The third-order valence-corrected chi connectivity index (χ3v) is 5.15. The zero-order chi connectivity index (χ0) is 16.1. The van der Waals surface area contributed by atoms with E-state index in [1.165, 1.54) is 11.8 Å². The van der Waals surface area contributed by atoms with Crippen LogP contribution in [0.5, 0.6) is 0 Å². The summed E-state index contributed by atoms with van der Waals surface area (Å²) in [6.07, 6.45) is 3.45. The van der Waals surface area contributed by atoms with Crippen molar-refractivity contribution in [3.8, 4) is 0 Å². The Bertz CT molecular complexity index is 655. The first-order valence-electron chi connectivity index (χ1n) is 7.86. The lowest BCUT2D eigenvalue weighted by Crippen LogP contribution is -2.39. The number of hydrogen-bond acceptors (Lipinski definition) is 4. The lowest BCUT2D eigenvalue weighted by Gasteiger charge is -2.31. The van der Waals surface area contributed by atoms with Crippen molar-refractivity contribution in [2.24, 2.45) is 5.92 Å². The highest BCUT2D eigenvalue weighted by molar-refractivity contribution is 7.99. The minimum atomic E-state index is 0.0351. The highest BCUT2D eigenvalue weighted by atomic mass is 32.2. The summed E-state index contributed by atoms with van der Waals surface area (Å²) >= 11 is 1.51. The van der Waals surface area contributed by atoms with E-state index in [1.54, 1.807) is 6.20 Å². The molecule has 0 unspecified atom stereocenters. The number of hydrogen-bond donors (Lipinski definition) is 1. The molecule has 1 aliphatic rings. The molecule has 0 radical (unpaired) electrons. The van der Waals surface area contributed by atoms with Crippen molar-refractivity contribution < 1.29 is 9.90 Å². The lowest BCUT2D eigenvalue weighted by atomic mass is 9.97. The molecule has 2 heterocycles. The Hall–Kier alpha value is -1.85. The molecule has 120 valence electrons. The quantitative estimate of drug-likeness (QED) is 0.937. The number of nitrogens with zero attached hydrogens (tertiary/aromatic N) is 2. The topological polar surface area (TPSA) is 53.4 Å². The van der Waals surface area contributed by atoms with Crippen molar-refractivity contribution in [2.45, 2.75) is 22.8 Å². The molecule has 5 heteroatoms. The van der Waals surface area contributed by atoms with Gasteiger partial charge in [-0.3, -0.25) is 4.79 Å². The van der Waals surface area contributed by atoms with E-state index in [4.69, 9.17) is 0 Å². The Labute approximate surface area is 140 Å². The van der Waals surface area contributed by atoms with Gasteiger partial charge in [0.2, 0.25) is 0 Å². The monoisotopic (exact) mass is 328 g/mol. The second-order valence-electron chi connectivity index (χ2n) is 5.69. The maximum Gasteiger partial charge on any atom is 0.256 e. The summed E-state index contributed by atoms with van der Waals surface area (Å²) in [6, 6.07) is 13.6. The molecule has 0 spiro atoms. The van der Waals surface area contributed by atoms with Gasteiger partial charge in [-0.2, -0.15) is 0 Å². The van der Waals surface area contributed by atoms with Crippen molar-refractivity contribution in [1.29, 1.82) is 0 Å². The molecule has 0 aliphatic carbocycles. The molecule has 0 bridgehead atoms. The van der Waals surface area contributed by atoms with Crippen LogP contribution in [0, 0.1) is 5.92 Å². The van der Waals surface area contributed by atoms with Gasteiger partial charge < -0.3 is 10.0 Å². The Morgan fingerprint density at radius 1 is 1.17 bits per heavy atom. The summed E-state index contributed by atoms with van der Waals surface area (Å²) in [4.78, 5) is 20.2. The van der Waals surface area contributed by atoms with Crippen LogP contribution >= 0.6 is 11.8 Å². The fraction of sp³-hybridized carbons (Fsp3) is 0.333. The van der Waals surface area contributed by atoms with E-state index < -0.39 is 0 Å². The Balaban J connectivity index is 1.76. The number of carbonyl (C=O) groups is 1. The smallest absolute Gasteiger partial charge is 0.256 e. The highest BCUT2D eigenvalue weighted by Gasteiger charge is 2.25. The van der Waals surface area contributed by atoms with Crippen LogP contribution in [0.4, 0.5) is 0 Å². The van der Waals surface area contributed by atoms with E-state index in [1.807, 2.05) is 47.4 Å². The summed E-state index contributed by atoms with van der Waals surface area (Å²) < 4.78 is 0. The Morgan fingerprint density at radius 3 is 2.61 bits per heavy atom. The minimum absolute atomic E-state index is 0.0351. The van der Waals surface area contributed by atoms with E-state index in [2.05, 4.69) is 4.98 Å². The van der Waals surface area contributed by atoms with E-state index in [0.717, 1.165) is 22.8 Å². The third-order valence-electron chi connectivity index (χ3n) is 4.12. The number of aliphatic hydroxyl groups excluding tert-OH is 1. The summed E-state index contributed by atoms with van der Waals surface area (Å²) in [7, 11) is 0. The van der Waals surface area contributed by atoms with Crippen LogP contribution in [0.15, 0.2) is 58.6 Å². The largest absolute Gasteiger partial charge is 0.396 e. The van der Waals surface area contributed by atoms with Crippen molar-refractivity contribution in [3.05, 3.63) is 54.2 Å². The predicted octanol–water partition coefficient (Wildman–Crippen LogP) is 3.08.